The van der Waals surface area contributed by atoms with Crippen LogP contribution in [0.15, 0.2) is 18.2 Å². The van der Waals surface area contributed by atoms with Crippen molar-refractivity contribution in [2.45, 2.75) is 45.6 Å². The number of piperidine rings is 1. The lowest BCUT2D eigenvalue weighted by Crippen LogP contribution is -2.41. The number of methoxy groups -OCH3 is 1. The van der Waals surface area contributed by atoms with Gasteiger partial charge in [0.15, 0.2) is 11.5 Å². The van der Waals surface area contributed by atoms with Gasteiger partial charge in [-0.1, -0.05) is 19.4 Å². The Morgan fingerprint density at radius 3 is 2.92 bits per heavy atom. The molecular formula is C19H30N2O3. The molecule has 1 fully saturated rings. The molecule has 0 saturated carbocycles. The first-order valence-electron chi connectivity index (χ1n) is 8.97. The fourth-order valence-corrected chi connectivity index (χ4v) is 2.89. The minimum absolute atomic E-state index is 0.0574. The van der Waals surface area contributed by atoms with E-state index in [0.29, 0.717) is 12.4 Å². The molecule has 0 spiro atoms. The molecule has 0 bridgehead atoms. The van der Waals surface area contributed by atoms with Crippen molar-refractivity contribution in [1.82, 2.24) is 10.6 Å². The molecule has 2 unspecified atom stereocenters. The van der Waals surface area contributed by atoms with Gasteiger partial charge in [0.1, 0.15) is 0 Å². The largest absolute Gasteiger partial charge is 0.493 e. The highest BCUT2D eigenvalue weighted by molar-refractivity contribution is 5.79. The van der Waals surface area contributed by atoms with Crippen molar-refractivity contribution in [2.24, 2.45) is 5.92 Å². The number of hydrogen-bond acceptors (Lipinski definition) is 4. The predicted molar refractivity (Wildman–Crippen MR) is 95.5 cm³/mol. The Kier molecular flexibility index (Phi) is 7.37. The van der Waals surface area contributed by atoms with Crippen molar-refractivity contribution < 1.29 is 14.3 Å². The smallest absolute Gasteiger partial charge is 0.224 e. The number of benzene rings is 1. The van der Waals surface area contributed by atoms with Gasteiger partial charge in [-0.3, -0.25) is 4.79 Å². The van der Waals surface area contributed by atoms with E-state index in [4.69, 9.17) is 9.47 Å². The first-order chi connectivity index (χ1) is 11.7. The average Bonchev–Trinajstić information content (AvgIpc) is 2.62. The maximum atomic E-state index is 12.4. The van der Waals surface area contributed by atoms with Crippen LogP contribution in [0.5, 0.6) is 11.5 Å². The molecule has 24 heavy (non-hydrogen) atoms. The third-order valence-corrected chi connectivity index (χ3v) is 4.47. The average molecular weight is 334 g/mol. The van der Waals surface area contributed by atoms with Crippen molar-refractivity contribution in [1.29, 1.82) is 0 Å². The lowest BCUT2D eigenvalue weighted by Gasteiger charge is -2.24. The van der Waals surface area contributed by atoms with E-state index < -0.39 is 0 Å². The van der Waals surface area contributed by atoms with Gasteiger partial charge < -0.3 is 20.1 Å². The molecule has 2 N–H and O–H groups in total. The molecule has 1 amide bonds. The van der Waals surface area contributed by atoms with Crippen LogP contribution in [0.2, 0.25) is 0 Å². The molecule has 1 saturated heterocycles. The van der Waals surface area contributed by atoms with Crippen molar-refractivity contribution in [2.75, 3.05) is 26.8 Å². The van der Waals surface area contributed by atoms with Crippen molar-refractivity contribution in [3.63, 3.8) is 0 Å². The van der Waals surface area contributed by atoms with Crippen molar-refractivity contribution in [3.8, 4) is 11.5 Å². The SMILES string of the molecule is CCCCOc1ccc(C(C)NC(=O)C2CCCNC2)cc1OC. The summed E-state index contributed by atoms with van der Waals surface area (Å²) in [5, 5.41) is 6.40. The Bertz CT molecular complexity index is 527. The zero-order valence-corrected chi connectivity index (χ0v) is 15.1. The van der Waals surface area contributed by atoms with E-state index in [-0.39, 0.29) is 17.9 Å². The molecule has 5 heteroatoms. The quantitative estimate of drug-likeness (QED) is 0.718. The highest BCUT2D eigenvalue weighted by atomic mass is 16.5. The minimum atomic E-state index is -0.0574. The van der Waals surface area contributed by atoms with Gasteiger partial charge in [-0.05, 0) is 50.4 Å². The molecule has 0 aliphatic carbocycles. The van der Waals surface area contributed by atoms with Crippen LogP contribution in [-0.2, 0) is 4.79 Å². The number of carbonyl (C=O) groups excluding carboxylic acids is 1. The molecular weight excluding hydrogens is 304 g/mol. The molecule has 134 valence electrons. The summed E-state index contributed by atoms with van der Waals surface area (Å²) in [7, 11) is 1.64. The number of nitrogens with one attached hydrogen (secondary N) is 2. The fourth-order valence-electron chi connectivity index (χ4n) is 2.89. The van der Waals surface area contributed by atoms with E-state index in [1.54, 1.807) is 7.11 Å². The second-order valence-electron chi connectivity index (χ2n) is 6.39. The van der Waals surface area contributed by atoms with Crippen LogP contribution in [0, 0.1) is 5.92 Å². The van der Waals surface area contributed by atoms with E-state index in [1.165, 1.54) is 0 Å². The maximum Gasteiger partial charge on any atom is 0.224 e. The van der Waals surface area contributed by atoms with Gasteiger partial charge in [0.05, 0.1) is 25.7 Å². The molecule has 1 aromatic carbocycles. The molecule has 0 aromatic heterocycles. The molecule has 0 radical (unpaired) electrons. The molecule has 1 aromatic rings. The van der Waals surface area contributed by atoms with E-state index in [9.17, 15) is 4.79 Å². The molecule has 2 atom stereocenters. The Labute approximate surface area is 145 Å². The summed E-state index contributed by atoms with van der Waals surface area (Å²) in [4.78, 5) is 12.4. The molecule has 1 aliphatic heterocycles. The minimum Gasteiger partial charge on any atom is -0.493 e. The lowest BCUT2D eigenvalue weighted by molar-refractivity contribution is -0.126. The standard InChI is InChI=1S/C19H30N2O3/c1-4-5-11-24-17-9-8-15(12-18(17)23-3)14(2)21-19(22)16-7-6-10-20-13-16/h8-9,12,14,16,20H,4-7,10-11,13H2,1-3H3,(H,21,22). The van der Waals surface area contributed by atoms with Crippen LogP contribution in [0.3, 0.4) is 0 Å². The highest BCUT2D eigenvalue weighted by Crippen LogP contribution is 2.30. The van der Waals surface area contributed by atoms with Gasteiger partial charge in [-0.15, -0.1) is 0 Å². The van der Waals surface area contributed by atoms with E-state index in [1.807, 2.05) is 25.1 Å². The van der Waals surface area contributed by atoms with Crippen molar-refractivity contribution in [3.05, 3.63) is 23.8 Å². The summed E-state index contributed by atoms with van der Waals surface area (Å²) in [6.45, 7) is 6.60. The van der Waals surface area contributed by atoms with Crippen molar-refractivity contribution >= 4 is 5.91 Å². The summed E-state index contributed by atoms with van der Waals surface area (Å²) in [5.41, 5.74) is 1.02. The Morgan fingerprint density at radius 1 is 1.42 bits per heavy atom. The first kappa shape index (κ1) is 18.6. The summed E-state index contributed by atoms with van der Waals surface area (Å²) >= 11 is 0. The second kappa shape index (κ2) is 9.52. The number of ether oxygens (including phenoxy) is 2. The molecule has 5 nitrogen and oxygen atoms in total. The number of amides is 1. The monoisotopic (exact) mass is 334 g/mol. The second-order valence-corrected chi connectivity index (χ2v) is 6.39. The zero-order valence-electron chi connectivity index (χ0n) is 15.1. The van der Waals surface area contributed by atoms with Gasteiger partial charge in [0.25, 0.3) is 0 Å². The molecule has 2 rings (SSSR count). The highest BCUT2D eigenvalue weighted by Gasteiger charge is 2.22. The van der Waals surface area contributed by atoms with Gasteiger partial charge in [0, 0.05) is 6.54 Å². The third-order valence-electron chi connectivity index (χ3n) is 4.47. The summed E-state index contributed by atoms with van der Waals surface area (Å²) in [6.07, 6.45) is 4.13. The van der Waals surface area contributed by atoms with Gasteiger partial charge in [-0.25, -0.2) is 0 Å². The normalized spacial score (nSPS) is 18.7. The van der Waals surface area contributed by atoms with Crippen LogP contribution < -0.4 is 20.1 Å². The zero-order chi connectivity index (χ0) is 17.4. The van der Waals surface area contributed by atoms with Gasteiger partial charge in [0.2, 0.25) is 5.91 Å². The summed E-state index contributed by atoms with van der Waals surface area (Å²) < 4.78 is 11.2. The van der Waals surface area contributed by atoms with E-state index in [0.717, 1.165) is 50.1 Å². The third kappa shape index (κ3) is 5.13. The summed E-state index contributed by atoms with van der Waals surface area (Å²) in [5.74, 6) is 1.66. The number of carbonyl (C=O) groups is 1. The molecule has 1 heterocycles. The predicted octanol–water partition coefficient (Wildman–Crippen LogP) is 3.05. The Morgan fingerprint density at radius 2 is 2.25 bits per heavy atom. The number of rotatable bonds is 8. The topological polar surface area (TPSA) is 59.6 Å². The van der Waals surface area contributed by atoms with Gasteiger partial charge >= 0.3 is 0 Å². The van der Waals surface area contributed by atoms with Crippen LogP contribution in [0.4, 0.5) is 0 Å². The van der Waals surface area contributed by atoms with E-state index >= 15 is 0 Å². The number of unbranched alkanes of at least 4 members (excludes halogenated alkanes) is 1. The summed E-state index contributed by atoms with van der Waals surface area (Å²) in [6, 6.07) is 5.81. The Balaban J connectivity index is 1.97. The first-order valence-corrected chi connectivity index (χ1v) is 8.97. The van der Waals surface area contributed by atoms with Crippen LogP contribution in [-0.4, -0.2) is 32.7 Å². The van der Waals surface area contributed by atoms with Crippen LogP contribution in [0.25, 0.3) is 0 Å². The Hall–Kier alpha value is -1.75. The van der Waals surface area contributed by atoms with Crippen LogP contribution >= 0.6 is 0 Å². The van der Waals surface area contributed by atoms with Gasteiger partial charge in [-0.2, -0.15) is 0 Å². The fraction of sp³-hybridized carbons (Fsp3) is 0.632. The number of hydrogen-bond donors (Lipinski definition) is 2. The lowest BCUT2D eigenvalue weighted by atomic mass is 9.98. The maximum absolute atomic E-state index is 12.4. The van der Waals surface area contributed by atoms with E-state index in [2.05, 4.69) is 17.6 Å². The van der Waals surface area contributed by atoms with Crippen LogP contribution in [0.1, 0.15) is 51.1 Å². The molecule has 1 aliphatic rings.